The van der Waals surface area contributed by atoms with Gasteiger partial charge in [-0.2, -0.15) is 5.26 Å². The molecule has 11 nitrogen and oxygen atoms in total. The Bertz CT molecular complexity index is 679. The molecular weight excluding hydrogens is 388 g/mol. The lowest BCUT2D eigenvalue weighted by atomic mass is 9.76. The van der Waals surface area contributed by atoms with Crippen LogP contribution in [-0.2, 0) is 33.3 Å². The summed E-state index contributed by atoms with van der Waals surface area (Å²) in [7, 11) is 2.28. The van der Waals surface area contributed by atoms with Crippen molar-refractivity contribution >= 4 is 11.9 Å². The van der Waals surface area contributed by atoms with Crippen LogP contribution >= 0.6 is 0 Å². The number of esters is 1. The Morgan fingerprint density at radius 3 is 2.45 bits per heavy atom. The number of ether oxygens (including phenoxy) is 5. The fraction of sp³-hybridized carbons (Fsp3) is 0.833. The molecule has 0 radical (unpaired) electrons. The maximum atomic E-state index is 12.4. The van der Waals surface area contributed by atoms with Crippen molar-refractivity contribution in [2.24, 2.45) is 0 Å². The number of aliphatic hydroxyl groups is 2. The summed E-state index contributed by atoms with van der Waals surface area (Å²) in [6.07, 6.45) is -4.69. The number of nitrogens with one attached hydrogen (secondary N) is 1. The van der Waals surface area contributed by atoms with Gasteiger partial charge in [0.1, 0.15) is 23.9 Å². The molecule has 0 saturated carbocycles. The summed E-state index contributed by atoms with van der Waals surface area (Å²) >= 11 is 0. The Morgan fingerprint density at radius 1 is 1.34 bits per heavy atom. The third-order valence-electron chi connectivity index (χ3n) is 5.09. The zero-order valence-electron chi connectivity index (χ0n) is 17.1. The van der Waals surface area contributed by atoms with Crippen LogP contribution in [-0.4, -0.2) is 84.4 Å². The number of amides is 1. The molecule has 29 heavy (non-hydrogen) atoms. The van der Waals surface area contributed by atoms with E-state index in [-0.39, 0.29) is 6.61 Å². The number of nitriles is 1. The van der Waals surface area contributed by atoms with Gasteiger partial charge in [-0.25, -0.2) is 4.79 Å². The molecular formula is C18H28N2O9. The molecule has 2 heterocycles. The highest BCUT2D eigenvalue weighted by Crippen LogP contribution is 2.42. The van der Waals surface area contributed by atoms with Crippen molar-refractivity contribution in [2.75, 3.05) is 20.8 Å². The highest BCUT2D eigenvalue weighted by Gasteiger charge is 2.62. The largest absolute Gasteiger partial charge is 0.465 e. The van der Waals surface area contributed by atoms with E-state index in [0.717, 1.165) is 7.11 Å². The second-order valence-electron chi connectivity index (χ2n) is 7.68. The molecule has 0 aliphatic carbocycles. The molecule has 164 valence electrons. The fourth-order valence-electron chi connectivity index (χ4n) is 3.73. The Balaban J connectivity index is 2.49. The number of carbonyl (C=O) groups is 2. The highest BCUT2D eigenvalue weighted by molar-refractivity contribution is 5.78. The highest BCUT2D eigenvalue weighted by atomic mass is 16.8. The minimum Gasteiger partial charge on any atom is -0.465 e. The average molecular weight is 416 g/mol. The summed E-state index contributed by atoms with van der Waals surface area (Å²) in [6.45, 7) is 4.54. The van der Waals surface area contributed by atoms with Gasteiger partial charge in [-0.05, 0) is 13.8 Å². The maximum Gasteiger partial charge on any atom is 0.366 e. The summed E-state index contributed by atoms with van der Waals surface area (Å²) in [4.78, 5) is 24.2. The van der Waals surface area contributed by atoms with E-state index in [9.17, 15) is 25.1 Å². The number of nitrogens with zero attached hydrogens (tertiary/aromatic N) is 1. The van der Waals surface area contributed by atoms with Gasteiger partial charge in [-0.1, -0.05) is 0 Å². The summed E-state index contributed by atoms with van der Waals surface area (Å²) in [5.41, 5.74) is -1.97. The lowest BCUT2D eigenvalue weighted by Gasteiger charge is -2.51. The van der Waals surface area contributed by atoms with E-state index in [2.05, 4.69) is 5.32 Å². The van der Waals surface area contributed by atoms with Gasteiger partial charge in [0.15, 0.2) is 5.79 Å². The first kappa shape index (κ1) is 23.5. The molecule has 2 aliphatic rings. The third-order valence-corrected chi connectivity index (χ3v) is 5.09. The molecule has 0 aromatic carbocycles. The first-order valence-electron chi connectivity index (χ1n) is 9.11. The lowest BCUT2D eigenvalue weighted by molar-refractivity contribution is -0.321. The van der Waals surface area contributed by atoms with Crippen molar-refractivity contribution in [3.05, 3.63) is 0 Å². The number of hydrogen-bond acceptors (Lipinski definition) is 10. The van der Waals surface area contributed by atoms with Gasteiger partial charge in [0, 0.05) is 20.5 Å². The van der Waals surface area contributed by atoms with Crippen LogP contribution in [0.3, 0.4) is 0 Å². The van der Waals surface area contributed by atoms with Crippen LogP contribution in [0.15, 0.2) is 0 Å². The van der Waals surface area contributed by atoms with Gasteiger partial charge in [0.05, 0.1) is 32.2 Å². The van der Waals surface area contributed by atoms with Crippen LogP contribution in [0.5, 0.6) is 0 Å². The fourth-order valence-corrected chi connectivity index (χ4v) is 3.73. The van der Waals surface area contributed by atoms with E-state index in [1.165, 1.54) is 14.0 Å². The molecule has 0 spiro atoms. The zero-order chi connectivity index (χ0) is 22.0. The SMILES string of the molecule is COC(=O)[C@]1(OC)C[C@](O)(CC#N)[C@@H](NC(C)=O)[C@H]([C@@H](O)[C@H]2COC(C)(C)O2)O1. The van der Waals surface area contributed by atoms with Gasteiger partial charge < -0.3 is 39.2 Å². The summed E-state index contributed by atoms with van der Waals surface area (Å²) < 4.78 is 26.9. The smallest absolute Gasteiger partial charge is 0.366 e. The molecule has 0 unspecified atom stereocenters. The monoisotopic (exact) mass is 416 g/mol. The van der Waals surface area contributed by atoms with Crippen molar-refractivity contribution in [1.29, 1.82) is 5.26 Å². The Hall–Kier alpha value is -1.81. The number of hydrogen-bond donors (Lipinski definition) is 3. The average Bonchev–Trinajstić information content (AvgIpc) is 3.01. The van der Waals surface area contributed by atoms with Gasteiger partial charge >= 0.3 is 5.97 Å². The predicted octanol–water partition coefficient (Wildman–Crippen LogP) is -1.05. The third kappa shape index (κ3) is 4.69. The van der Waals surface area contributed by atoms with E-state index >= 15 is 0 Å². The van der Waals surface area contributed by atoms with Crippen LogP contribution in [0.1, 0.15) is 33.6 Å². The minimum absolute atomic E-state index is 0.00963. The van der Waals surface area contributed by atoms with Crippen molar-refractivity contribution in [3.63, 3.8) is 0 Å². The molecule has 2 fully saturated rings. The van der Waals surface area contributed by atoms with Crippen LogP contribution < -0.4 is 5.32 Å². The van der Waals surface area contributed by atoms with Crippen LogP contribution in [0.4, 0.5) is 0 Å². The van der Waals surface area contributed by atoms with Gasteiger partial charge in [-0.3, -0.25) is 4.79 Å². The van der Waals surface area contributed by atoms with Gasteiger partial charge in [0.2, 0.25) is 5.91 Å². The van der Waals surface area contributed by atoms with E-state index < -0.39 is 66.2 Å². The van der Waals surface area contributed by atoms with Crippen molar-refractivity contribution in [1.82, 2.24) is 5.32 Å². The van der Waals surface area contributed by atoms with E-state index in [0.29, 0.717) is 0 Å². The molecule has 2 saturated heterocycles. The molecule has 0 bridgehead atoms. The van der Waals surface area contributed by atoms with Crippen molar-refractivity contribution in [2.45, 2.75) is 75.1 Å². The van der Waals surface area contributed by atoms with Crippen molar-refractivity contribution in [3.8, 4) is 6.07 Å². The van der Waals surface area contributed by atoms with Crippen LogP contribution in [0.25, 0.3) is 0 Å². The first-order chi connectivity index (χ1) is 13.4. The molecule has 0 aromatic rings. The Kier molecular flexibility index (Phi) is 6.89. The standard InChI is InChI=1S/C18H28N2O9/c1-10(21)20-14-13(12(22)11-8-27-16(2,3)28-11)29-18(26-5,15(23)25-4)9-17(14,24)6-7-19/h11-14,22,24H,6,8-9H2,1-5H3,(H,20,21)/t11-,12+,13+,14+,17-,18+/m1/s1. The first-order valence-corrected chi connectivity index (χ1v) is 9.11. The molecule has 6 atom stereocenters. The maximum absolute atomic E-state index is 12.4. The lowest BCUT2D eigenvalue weighted by Crippen LogP contribution is -2.72. The number of carbonyl (C=O) groups excluding carboxylic acids is 2. The number of rotatable bonds is 6. The predicted molar refractivity (Wildman–Crippen MR) is 94.9 cm³/mol. The summed E-state index contributed by atoms with van der Waals surface area (Å²) in [6, 6.07) is 0.599. The zero-order valence-corrected chi connectivity index (χ0v) is 17.1. The quantitative estimate of drug-likeness (QED) is 0.457. The second kappa shape index (κ2) is 8.51. The molecule has 2 aliphatic heterocycles. The Morgan fingerprint density at radius 2 is 2.00 bits per heavy atom. The van der Waals surface area contributed by atoms with Gasteiger partial charge in [-0.15, -0.1) is 0 Å². The summed E-state index contributed by atoms with van der Waals surface area (Å²) in [5.74, 6) is -4.55. The topological polar surface area (TPSA) is 157 Å². The molecule has 3 N–H and O–H groups in total. The number of methoxy groups -OCH3 is 2. The van der Waals surface area contributed by atoms with Crippen LogP contribution in [0.2, 0.25) is 0 Å². The van der Waals surface area contributed by atoms with E-state index in [1.807, 2.05) is 6.07 Å². The Labute approximate surface area is 168 Å². The molecule has 1 amide bonds. The number of aliphatic hydroxyl groups excluding tert-OH is 1. The van der Waals surface area contributed by atoms with Crippen molar-refractivity contribution < 1.29 is 43.5 Å². The second-order valence-corrected chi connectivity index (χ2v) is 7.68. The van der Waals surface area contributed by atoms with E-state index in [4.69, 9.17) is 23.7 Å². The normalized spacial score (nSPS) is 37.4. The van der Waals surface area contributed by atoms with Crippen LogP contribution in [0, 0.1) is 11.3 Å². The summed E-state index contributed by atoms with van der Waals surface area (Å²) in [5, 5.41) is 34.0. The van der Waals surface area contributed by atoms with E-state index in [1.54, 1.807) is 13.8 Å². The minimum atomic E-state index is -2.10. The molecule has 11 heteroatoms. The van der Waals surface area contributed by atoms with Gasteiger partial charge in [0.25, 0.3) is 5.79 Å². The molecule has 2 rings (SSSR count). The molecule has 0 aromatic heterocycles.